The molecule has 6 nitrogen and oxygen atoms in total. The zero-order valence-electron chi connectivity index (χ0n) is 19.7. The van der Waals surface area contributed by atoms with Gasteiger partial charge in [0.15, 0.2) is 0 Å². The molecule has 1 aliphatic rings. The molecular weight excluding hydrogens is 448 g/mol. The first kappa shape index (κ1) is 23.6. The number of carbonyl (C=O) groups is 1. The van der Waals surface area contributed by atoms with Crippen LogP contribution in [0.3, 0.4) is 0 Å². The summed E-state index contributed by atoms with van der Waals surface area (Å²) >= 11 is 0. The summed E-state index contributed by atoms with van der Waals surface area (Å²) < 4.78 is 7.59. The molecule has 2 aromatic carbocycles. The third-order valence-corrected chi connectivity index (χ3v) is 6.45. The summed E-state index contributed by atoms with van der Waals surface area (Å²) in [5.74, 6) is 1.81. The van der Waals surface area contributed by atoms with Crippen LogP contribution >= 0.6 is 12.4 Å². The van der Waals surface area contributed by atoms with Gasteiger partial charge in [-0.15, -0.1) is 12.4 Å². The van der Waals surface area contributed by atoms with Gasteiger partial charge < -0.3 is 19.1 Å². The fraction of sp³-hybridized carbons (Fsp3) is 0.259. The number of aromatic nitrogens is 2. The van der Waals surface area contributed by atoms with Crippen molar-refractivity contribution in [1.29, 1.82) is 0 Å². The van der Waals surface area contributed by atoms with E-state index in [4.69, 9.17) is 4.74 Å². The Morgan fingerprint density at radius 2 is 1.76 bits per heavy atom. The van der Waals surface area contributed by atoms with E-state index < -0.39 is 0 Å². The van der Waals surface area contributed by atoms with Crippen LogP contribution in [0, 0.1) is 6.92 Å². The number of carbonyl (C=O) groups excluding carboxylic acids is 1. The molecule has 0 spiro atoms. The van der Waals surface area contributed by atoms with Crippen molar-refractivity contribution in [3.05, 3.63) is 78.0 Å². The summed E-state index contributed by atoms with van der Waals surface area (Å²) in [7, 11) is 3.69. The van der Waals surface area contributed by atoms with Crippen LogP contribution in [0.5, 0.6) is 5.75 Å². The second kappa shape index (κ2) is 9.77. The Bertz CT molecular complexity index is 1310. The van der Waals surface area contributed by atoms with E-state index in [1.165, 1.54) is 0 Å². The maximum Gasteiger partial charge on any atom is 0.256 e. The fourth-order valence-corrected chi connectivity index (χ4v) is 4.72. The van der Waals surface area contributed by atoms with Gasteiger partial charge in [0.2, 0.25) is 0 Å². The molecule has 1 aliphatic heterocycles. The number of pyridine rings is 1. The lowest BCUT2D eigenvalue weighted by molar-refractivity contribution is 0.0749. The molecule has 0 N–H and O–H groups in total. The summed E-state index contributed by atoms with van der Waals surface area (Å²) in [6.45, 7) is 4.92. The summed E-state index contributed by atoms with van der Waals surface area (Å²) in [6, 6.07) is 20.2. The fourth-order valence-electron chi connectivity index (χ4n) is 4.72. The number of rotatable bonds is 4. The maximum absolute atomic E-state index is 14.0. The predicted molar refractivity (Wildman–Crippen MR) is 139 cm³/mol. The molecule has 1 saturated heterocycles. The Morgan fingerprint density at radius 3 is 2.47 bits per heavy atom. The lowest BCUT2D eigenvalue weighted by Gasteiger charge is -2.35. The van der Waals surface area contributed by atoms with Crippen LogP contribution in [-0.4, -0.2) is 53.6 Å². The van der Waals surface area contributed by atoms with E-state index in [-0.39, 0.29) is 18.3 Å². The molecular formula is C27H29ClN4O2. The molecule has 1 amide bonds. The molecule has 0 bridgehead atoms. The number of anilines is 1. The number of hydrogen-bond acceptors (Lipinski definition) is 4. The molecule has 1 fully saturated rings. The minimum absolute atomic E-state index is 0. The monoisotopic (exact) mass is 476 g/mol. The molecule has 4 aromatic rings. The number of benzene rings is 2. The number of nitrogens with zero attached hydrogens (tertiary/aromatic N) is 4. The Kier molecular flexibility index (Phi) is 6.80. The highest BCUT2D eigenvalue weighted by Gasteiger charge is 2.29. The van der Waals surface area contributed by atoms with Crippen LogP contribution in [0.2, 0.25) is 0 Å². The van der Waals surface area contributed by atoms with Crippen LogP contribution in [0.4, 0.5) is 5.82 Å². The van der Waals surface area contributed by atoms with E-state index >= 15 is 0 Å². The molecule has 7 heteroatoms. The molecule has 0 aliphatic carbocycles. The second-order valence-electron chi connectivity index (χ2n) is 8.50. The van der Waals surface area contributed by atoms with E-state index in [0.717, 1.165) is 57.9 Å². The first-order valence-corrected chi connectivity index (χ1v) is 11.3. The molecule has 5 rings (SSSR count). The Morgan fingerprint density at radius 1 is 0.971 bits per heavy atom. The van der Waals surface area contributed by atoms with Crippen molar-refractivity contribution in [2.24, 2.45) is 7.05 Å². The van der Waals surface area contributed by atoms with Crippen molar-refractivity contribution in [3.8, 4) is 17.0 Å². The molecule has 34 heavy (non-hydrogen) atoms. The van der Waals surface area contributed by atoms with Gasteiger partial charge in [-0.2, -0.15) is 0 Å². The first-order valence-electron chi connectivity index (χ1n) is 11.3. The van der Waals surface area contributed by atoms with E-state index in [1.807, 2.05) is 60.6 Å². The summed E-state index contributed by atoms with van der Waals surface area (Å²) in [4.78, 5) is 22.6. The minimum Gasteiger partial charge on any atom is -0.497 e. The van der Waals surface area contributed by atoms with E-state index in [1.54, 1.807) is 7.11 Å². The zero-order chi connectivity index (χ0) is 22.9. The van der Waals surface area contributed by atoms with Crippen LogP contribution in [0.25, 0.3) is 22.2 Å². The number of halogens is 1. The van der Waals surface area contributed by atoms with Crippen molar-refractivity contribution < 1.29 is 9.53 Å². The summed E-state index contributed by atoms with van der Waals surface area (Å²) in [5.41, 5.74) is 4.84. The van der Waals surface area contributed by atoms with Crippen molar-refractivity contribution in [3.63, 3.8) is 0 Å². The van der Waals surface area contributed by atoms with Crippen LogP contribution < -0.4 is 9.64 Å². The summed E-state index contributed by atoms with van der Waals surface area (Å²) in [5, 5.41) is 0.993. The van der Waals surface area contributed by atoms with Gasteiger partial charge >= 0.3 is 0 Å². The van der Waals surface area contributed by atoms with Gasteiger partial charge in [-0.05, 0) is 43.3 Å². The summed E-state index contributed by atoms with van der Waals surface area (Å²) in [6.07, 6.45) is 1.81. The average molecular weight is 477 g/mol. The smallest absolute Gasteiger partial charge is 0.256 e. The Balaban J connectivity index is 0.00000274. The number of methoxy groups -OCH3 is 1. The van der Waals surface area contributed by atoms with E-state index in [9.17, 15) is 4.79 Å². The van der Waals surface area contributed by atoms with E-state index in [0.29, 0.717) is 13.1 Å². The van der Waals surface area contributed by atoms with E-state index in [2.05, 4.69) is 39.6 Å². The molecule has 176 valence electrons. The number of amides is 1. The molecule has 0 unspecified atom stereocenters. The molecule has 0 radical (unpaired) electrons. The zero-order valence-corrected chi connectivity index (χ0v) is 20.5. The highest BCUT2D eigenvalue weighted by molar-refractivity contribution is 6.13. The molecule has 0 atom stereocenters. The molecule has 2 aromatic heterocycles. The van der Waals surface area contributed by atoms with Gasteiger partial charge in [-0.3, -0.25) is 4.79 Å². The SMILES string of the molecule is COc1cccc(-c2c(C(=O)N3CCN(c4ccccn4)CC3)c3cc(C)ccc3n2C)c1.Cl. The minimum atomic E-state index is 0. The highest BCUT2D eigenvalue weighted by atomic mass is 35.5. The normalized spacial score (nSPS) is 13.6. The standard InChI is InChI=1S/C27H28N4O2.ClH/c1-19-10-11-23-22(17-19)25(26(29(23)2)20-7-6-8-21(18-20)33-3)27(32)31-15-13-30(14-16-31)24-9-4-5-12-28-24;/h4-12,17-18H,13-16H2,1-3H3;1H. The van der Waals surface area contributed by atoms with Gasteiger partial charge in [-0.25, -0.2) is 4.98 Å². The van der Waals surface area contributed by atoms with Crippen molar-refractivity contribution in [2.75, 3.05) is 38.2 Å². The number of hydrogen-bond donors (Lipinski definition) is 0. The number of piperazine rings is 1. The third-order valence-electron chi connectivity index (χ3n) is 6.45. The first-order chi connectivity index (χ1) is 16.1. The van der Waals surface area contributed by atoms with Crippen LogP contribution in [-0.2, 0) is 7.05 Å². The van der Waals surface area contributed by atoms with Gasteiger partial charge in [0.25, 0.3) is 5.91 Å². The van der Waals surface area contributed by atoms with Gasteiger partial charge in [0, 0.05) is 55.9 Å². The van der Waals surface area contributed by atoms with Crippen LogP contribution in [0.1, 0.15) is 15.9 Å². The van der Waals surface area contributed by atoms with Gasteiger partial charge in [0.05, 0.1) is 18.4 Å². The Hall–Kier alpha value is -3.51. The topological polar surface area (TPSA) is 50.6 Å². The predicted octanol–water partition coefficient (Wildman–Crippen LogP) is 4.94. The number of aryl methyl sites for hydroxylation is 2. The lowest BCUT2D eigenvalue weighted by Crippen LogP contribution is -2.49. The highest BCUT2D eigenvalue weighted by Crippen LogP contribution is 2.36. The van der Waals surface area contributed by atoms with Crippen LogP contribution in [0.15, 0.2) is 66.9 Å². The quantitative estimate of drug-likeness (QED) is 0.418. The van der Waals surface area contributed by atoms with Gasteiger partial charge in [0.1, 0.15) is 11.6 Å². The number of fused-ring (bicyclic) bond motifs is 1. The average Bonchev–Trinajstić information content (AvgIpc) is 3.15. The molecule has 3 heterocycles. The van der Waals surface area contributed by atoms with Crippen molar-refractivity contribution >= 4 is 35.0 Å². The van der Waals surface area contributed by atoms with Crippen molar-refractivity contribution in [2.45, 2.75) is 6.92 Å². The Labute approximate surface area is 206 Å². The largest absolute Gasteiger partial charge is 0.497 e. The second-order valence-corrected chi connectivity index (χ2v) is 8.50. The van der Waals surface area contributed by atoms with Gasteiger partial charge in [-0.1, -0.05) is 29.8 Å². The third kappa shape index (κ3) is 4.21. The maximum atomic E-state index is 14.0. The van der Waals surface area contributed by atoms with Crippen molar-refractivity contribution in [1.82, 2.24) is 14.5 Å². The number of ether oxygens (including phenoxy) is 1. The molecule has 0 saturated carbocycles. The lowest BCUT2D eigenvalue weighted by atomic mass is 10.0.